The molecule has 1 unspecified atom stereocenters. The number of benzene rings is 2. The topological polar surface area (TPSA) is 41.6 Å². The first-order chi connectivity index (χ1) is 10.1. The van der Waals surface area contributed by atoms with E-state index in [1.54, 1.807) is 12.1 Å². The molecule has 0 bridgehead atoms. The molecule has 1 heterocycles. The molecule has 1 aliphatic rings. The van der Waals surface area contributed by atoms with Crippen molar-refractivity contribution in [2.24, 2.45) is 10.7 Å². The van der Waals surface area contributed by atoms with Crippen molar-refractivity contribution >= 4 is 11.6 Å². The fraction of sp³-hybridized carbons (Fsp3) is 0.235. The fourth-order valence-electron chi connectivity index (χ4n) is 2.85. The lowest BCUT2D eigenvalue weighted by Gasteiger charge is -2.28. The zero-order chi connectivity index (χ0) is 15.0. The second kappa shape index (κ2) is 5.20. The van der Waals surface area contributed by atoms with E-state index in [0.29, 0.717) is 12.5 Å². The van der Waals surface area contributed by atoms with Gasteiger partial charge >= 0.3 is 0 Å². The molecule has 0 fully saturated rings. The molecule has 0 amide bonds. The minimum atomic E-state index is -0.253. The fourth-order valence-corrected chi connectivity index (χ4v) is 2.85. The molecule has 0 aliphatic carbocycles. The molecule has 0 aromatic heterocycles. The zero-order valence-electron chi connectivity index (χ0n) is 12.2. The van der Waals surface area contributed by atoms with Gasteiger partial charge in [0.1, 0.15) is 5.82 Å². The van der Waals surface area contributed by atoms with Crippen LogP contribution >= 0.6 is 0 Å². The van der Waals surface area contributed by atoms with Gasteiger partial charge in [0.15, 0.2) is 5.96 Å². The third-order valence-corrected chi connectivity index (χ3v) is 3.87. The van der Waals surface area contributed by atoms with E-state index in [1.807, 2.05) is 4.90 Å². The SMILES string of the molecule is Cc1ccc(C2CN=C(N)N2c2ccc(F)cc2)c(C)c1. The number of halogens is 1. The molecular weight excluding hydrogens is 265 g/mol. The van der Waals surface area contributed by atoms with Gasteiger partial charge in [-0.1, -0.05) is 23.8 Å². The molecule has 0 saturated carbocycles. The number of anilines is 1. The smallest absolute Gasteiger partial charge is 0.196 e. The van der Waals surface area contributed by atoms with E-state index >= 15 is 0 Å². The minimum Gasteiger partial charge on any atom is -0.369 e. The van der Waals surface area contributed by atoms with E-state index < -0.39 is 0 Å². The maximum absolute atomic E-state index is 13.1. The number of aliphatic imine (C=N–C) groups is 1. The standard InChI is InChI=1S/C17H18FN3/c1-11-3-8-15(12(2)9-11)16-10-20-17(19)21(16)14-6-4-13(18)5-7-14/h3-9,16H,10H2,1-2H3,(H2,19,20). The van der Waals surface area contributed by atoms with Crippen LogP contribution in [0.2, 0.25) is 0 Å². The first-order valence-electron chi connectivity index (χ1n) is 6.98. The summed E-state index contributed by atoms with van der Waals surface area (Å²) in [4.78, 5) is 6.33. The zero-order valence-corrected chi connectivity index (χ0v) is 12.2. The second-order valence-corrected chi connectivity index (χ2v) is 5.42. The Morgan fingerprint density at radius 2 is 1.86 bits per heavy atom. The summed E-state index contributed by atoms with van der Waals surface area (Å²) in [5, 5.41) is 0. The van der Waals surface area contributed by atoms with Crippen molar-refractivity contribution in [2.75, 3.05) is 11.4 Å². The van der Waals surface area contributed by atoms with Crippen LogP contribution in [0, 0.1) is 19.7 Å². The average Bonchev–Trinajstić information content (AvgIpc) is 2.82. The van der Waals surface area contributed by atoms with Crippen molar-refractivity contribution in [1.29, 1.82) is 0 Å². The highest BCUT2D eigenvalue weighted by Crippen LogP contribution is 2.32. The van der Waals surface area contributed by atoms with Crippen molar-refractivity contribution < 1.29 is 4.39 Å². The number of nitrogens with zero attached hydrogens (tertiary/aromatic N) is 2. The Morgan fingerprint density at radius 1 is 1.14 bits per heavy atom. The summed E-state index contributed by atoms with van der Waals surface area (Å²) in [7, 11) is 0. The Morgan fingerprint density at radius 3 is 2.52 bits per heavy atom. The van der Waals surface area contributed by atoms with E-state index in [2.05, 4.69) is 37.0 Å². The monoisotopic (exact) mass is 283 g/mol. The second-order valence-electron chi connectivity index (χ2n) is 5.42. The van der Waals surface area contributed by atoms with Crippen LogP contribution in [0.3, 0.4) is 0 Å². The molecule has 4 heteroatoms. The largest absolute Gasteiger partial charge is 0.369 e. The summed E-state index contributed by atoms with van der Waals surface area (Å²) >= 11 is 0. The summed E-state index contributed by atoms with van der Waals surface area (Å²) in [5.74, 6) is 0.225. The summed E-state index contributed by atoms with van der Waals surface area (Å²) in [5.41, 5.74) is 10.6. The Kier molecular flexibility index (Phi) is 3.37. The van der Waals surface area contributed by atoms with Crippen molar-refractivity contribution in [3.63, 3.8) is 0 Å². The lowest BCUT2D eigenvalue weighted by molar-refractivity contribution is 0.627. The molecule has 108 valence electrons. The Bertz CT molecular complexity index is 692. The molecule has 1 aliphatic heterocycles. The molecule has 3 nitrogen and oxygen atoms in total. The third-order valence-electron chi connectivity index (χ3n) is 3.87. The van der Waals surface area contributed by atoms with E-state index in [-0.39, 0.29) is 11.9 Å². The Hall–Kier alpha value is -2.36. The highest BCUT2D eigenvalue weighted by atomic mass is 19.1. The Labute approximate surface area is 123 Å². The van der Waals surface area contributed by atoms with E-state index in [1.165, 1.54) is 28.8 Å². The summed E-state index contributed by atoms with van der Waals surface area (Å²) in [6, 6.07) is 12.8. The molecular formula is C17H18FN3. The van der Waals surface area contributed by atoms with Crippen LogP contribution in [0.5, 0.6) is 0 Å². The van der Waals surface area contributed by atoms with E-state index in [0.717, 1.165) is 5.69 Å². The van der Waals surface area contributed by atoms with Gasteiger partial charge in [0.2, 0.25) is 0 Å². The third kappa shape index (κ3) is 2.49. The lowest BCUT2D eigenvalue weighted by atomic mass is 9.98. The van der Waals surface area contributed by atoms with Gasteiger partial charge in [0, 0.05) is 5.69 Å². The van der Waals surface area contributed by atoms with E-state index in [9.17, 15) is 4.39 Å². The molecule has 1 atom stereocenters. The first kappa shape index (κ1) is 13.6. The molecule has 2 N–H and O–H groups in total. The van der Waals surface area contributed by atoms with Crippen LogP contribution < -0.4 is 10.6 Å². The molecule has 3 rings (SSSR count). The van der Waals surface area contributed by atoms with Gasteiger partial charge in [-0.25, -0.2) is 4.39 Å². The van der Waals surface area contributed by atoms with Gasteiger partial charge in [-0.15, -0.1) is 0 Å². The predicted octanol–water partition coefficient (Wildman–Crippen LogP) is 3.32. The highest BCUT2D eigenvalue weighted by molar-refractivity contribution is 5.97. The number of rotatable bonds is 2. The maximum Gasteiger partial charge on any atom is 0.196 e. The van der Waals surface area contributed by atoms with Crippen LogP contribution in [0.4, 0.5) is 10.1 Å². The highest BCUT2D eigenvalue weighted by Gasteiger charge is 2.29. The Balaban J connectivity index is 2.00. The van der Waals surface area contributed by atoms with Gasteiger partial charge in [-0.3, -0.25) is 4.99 Å². The summed E-state index contributed by atoms with van der Waals surface area (Å²) < 4.78 is 13.1. The summed E-state index contributed by atoms with van der Waals surface area (Å²) in [6.07, 6.45) is 0. The number of guanidine groups is 1. The van der Waals surface area contributed by atoms with Crippen LogP contribution in [0.15, 0.2) is 47.5 Å². The summed E-state index contributed by atoms with van der Waals surface area (Å²) in [6.45, 7) is 4.79. The van der Waals surface area contributed by atoms with Gasteiger partial charge < -0.3 is 10.6 Å². The predicted molar refractivity (Wildman–Crippen MR) is 84.0 cm³/mol. The maximum atomic E-state index is 13.1. The number of nitrogens with two attached hydrogens (primary N) is 1. The molecule has 2 aromatic rings. The van der Waals surface area contributed by atoms with Crippen molar-refractivity contribution in [2.45, 2.75) is 19.9 Å². The number of hydrogen-bond donors (Lipinski definition) is 1. The lowest BCUT2D eigenvalue weighted by Crippen LogP contribution is -2.36. The molecule has 21 heavy (non-hydrogen) atoms. The van der Waals surface area contributed by atoms with Crippen molar-refractivity contribution in [3.8, 4) is 0 Å². The first-order valence-corrected chi connectivity index (χ1v) is 6.98. The van der Waals surface area contributed by atoms with Crippen molar-refractivity contribution in [3.05, 3.63) is 65.0 Å². The minimum absolute atomic E-state index is 0.0658. The molecule has 0 saturated heterocycles. The normalized spacial score (nSPS) is 18.0. The van der Waals surface area contributed by atoms with Gasteiger partial charge in [0.05, 0.1) is 12.6 Å². The number of hydrogen-bond acceptors (Lipinski definition) is 3. The molecule has 0 radical (unpaired) electrons. The van der Waals surface area contributed by atoms with Crippen LogP contribution in [0.1, 0.15) is 22.7 Å². The van der Waals surface area contributed by atoms with Crippen LogP contribution in [-0.2, 0) is 0 Å². The van der Waals surface area contributed by atoms with Crippen molar-refractivity contribution in [1.82, 2.24) is 0 Å². The molecule has 2 aromatic carbocycles. The van der Waals surface area contributed by atoms with E-state index in [4.69, 9.17) is 5.73 Å². The van der Waals surface area contributed by atoms with Gasteiger partial charge in [0.25, 0.3) is 0 Å². The van der Waals surface area contributed by atoms with Gasteiger partial charge in [-0.2, -0.15) is 0 Å². The van der Waals surface area contributed by atoms with Crippen LogP contribution in [-0.4, -0.2) is 12.5 Å². The quantitative estimate of drug-likeness (QED) is 0.918. The van der Waals surface area contributed by atoms with Crippen LogP contribution in [0.25, 0.3) is 0 Å². The molecule has 0 spiro atoms. The average molecular weight is 283 g/mol. The van der Waals surface area contributed by atoms with Gasteiger partial charge in [-0.05, 0) is 49.2 Å². The number of aryl methyl sites for hydroxylation is 2.